The van der Waals surface area contributed by atoms with E-state index in [0.29, 0.717) is 0 Å². The highest BCUT2D eigenvalue weighted by Gasteiger charge is 2.47. The van der Waals surface area contributed by atoms with Gasteiger partial charge in [0.25, 0.3) is 5.69 Å². The van der Waals surface area contributed by atoms with Gasteiger partial charge in [0.1, 0.15) is 11.9 Å². The summed E-state index contributed by atoms with van der Waals surface area (Å²) < 4.78 is 11.0. The number of non-ortho nitro benzene ring substituents is 1. The Bertz CT molecular complexity index is 649. The summed E-state index contributed by atoms with van der Waals surface area (Å²) in [6, 6.07) is 5.17. The monoisotopic (exact) mass is 379 g/mol. The van der Waals surface area contributed by atoms with Crippen molar-refractivity contribution in [3.05, 3.63) is 34.4 Å². The number of ether oxygens (including phenoxy) is 2. The molecule has 0 radical (unpaired) electrons. The maximum atomic E-state index is 12.9. The Morgan fingerprint density at radius 1 is 1.07 bits per heavy atom. The molecule has 27 heavy (non-hydrogen) atoms. The molecule has 0 aliphatic heterocycles. The van der Waals surface area contributed by atoms with Crippen molar-refractivity contribution in [3.8, 4) is 5.75 Å². The Morgan fingerprint density at radius 2 is 1.63 bits per heavy atom. The molecule has 1 unspecified atom stereocenters. The van der Waals surface area contributed by atoms with Crippen molar-refractivity contribution in [1.82, 2.24) is 0 Å². The Morgan fingerprint density at radius 3 is 2.04 bits per heavy atom. The third kappa shape index (κ3) is 5.52. The molecule has 0 aliphatic rings. The molecule has 1 atom stereocenters. The predicted molar refractivity (Wildman–Crippen MR) is 101 cm³/mol. The molecule has 0 bridgehead atoms. The lowest BCUT2D eigenvalue weighted by Crippen LogP contribution is -2.44. The second-order valence-corrected chi connectivity index (χ2v) is 6.91. The summed E-state index contributed by atoms with van der Waals surface area (Å²) in [6.45, 7) is 9.45. The zero-order chi connectivity index (χ0) is 20.6. The van der Waals surface area contributed by atoms with Crippen molar-refractivity contribution in [3.63, 3.8) is 0 Å². The first kappa shape index (κ1) is 22.6. The van der Waals surface area contributed by atoms with Crippen molar-refractivity contribution in [1.29, 1.82) is 0 Å². The maximum Gasteiger partial charge on any atom is 0.328 e. The fourth-order valence-electron chi connectivity index (χ4n) is 2.81. The summed E-state index contributed by atoms with van der Waals surface area (Å²) in [5.41, 5.74) is -1.51. The highest BCUT2D eigenvalue weighted by atomic mass is 16.6. The first-order valence-corrected chi connectivity index (χ1v) is 9.39. The van der Waals surface area contributed by atoms with Gasteiger partial charge in [-0.25, -0.2) is 0 Å². The van der Waals surface area contributed by atoms with Gasteiger partial charge in [0, 0.05) is 12.1 Å². The first-order valence-electron chi connectivity index (χ1n) is 9.39. The third-order valence-corrected chi connectivity index (χ3v) is 4.82. The maximum absolute atomic E-state index is 12.9. The smallest absolute Gasteiger partial charge is 0.328 e. The van der Waals surface area contributed by atoms with Crippen LogP contribution in [0.3, 0.4) is 0 Å². The molecule has 0 aromatic heterocycles. The van der Waals surface area contributed by atoms with Gasteiger partial charge in [-0.05, 0) is 37.3 Å². The van der Waals surface area contributed by atoms with Crippen molar-refractivity contribution < 1.29 is 24.0 Å². The van der Waals surface area contributed by atoms with Gasteiger partial charge in [-0.1, -0.05) is 41.0 Å². The number of rotatable bonds is 10. The molecule has 1 aromatic carbocycles. The molecule has 150 valence electrons. The summed E-state index contributed by atoms with van der Waals surface area (Å²) in [5, 5.41) is 10.7. The fourth-order valence-corrected chi connectivity index (χ4v) is 2.81. The molecule has 0 N–H and O–H groups in total. The number of carbonyl (C=O) groups is 2. The summed E-state index contributed by atoms with van der Waals surface area (Å²) in [5.74, 6) is -0.985. The van der Waals surface area contributed by atoms with Gasteiger partial charge in [0.05, 0.1) is 4.92 Å². The molecule has 0 amide bonds. The van der Waals surface area contributed by atoms with E-state index in [1.165, 1.54) is 24.3 Å². The lowest BCUT2D eigenvalue weighted by Gasteiger charge is -2.30. The van der Waals surface area contributed by atoms with E-state index in [2.05, 4.69) is 0 Å². The minimum absolute atomic E-state index is 0.106. The Balaban J connectivity index is 3.00. The molecule has 0 heterocycles. The minimum atomic E-state index is -1.40. The van der Waals surface area contributed by atoms with E-state index in [0.717, 1.165) is 12.8 Å². The summed E-state index contributed by atoms with van der Waals surface area (Å²) >= 11 is 0. The molecular formula is C20H29NO6. The number of nitro benzene ring substituents is 1. The first-order chi connectivity index (χ1) is 12.7. The highest BCUT2D eigenvalue weighted by Crippen LogP contribution is 2.33. The zero-order valence-electron chi connectivity index (χ0n) is 16.7. The standard InChI is InChI=1S/C20H29NO6/c1-6-9-17(14(4)5)27-19(23)20(7-2,8-3)18(22)26-16-12-10-15(11-13-16)21(24)25/h10-14,17H,6-9H2,1-5H3. The number of esters is 2. The lowest BCUT2D eigenvalue weighted by atomic mass is 9.82. The van der Waals surface area contributed by atoms with Crippen molar-refractivity contribution in [2.24, 2.45) is 11.3 Å². The predicted octanol–water partition coefficient (Wildman–Crippen LogP) is 4.67. The summed E-state index contributed by atoms with van der Waals surface area (Å²) in [4.78, 5) is 35.9. The van der Waals surface area contributed by atoms with Crippen LogP contribution in [0.4, 0.5) is 5.69 Å². The van der Waals surface area contributed by atoms with Crippen LogP contribution in [-0.4, -0.2) is 23.0 Å². The number of hydrogen-bond acceptors (Lipinski definition) is 6. The van der Waals surface area contributed by atoms with Crippen LogP contribution in [0.1, 0.15) is 60.3 Å². The van der Waals surface area contributed by atoms with E-state index in [9.17, 15) is 19.7 Å². The Labute approximate surface area is 160 Å². The van der Waals surface area contributed by atoms with E-state index in [1.807, 2.05) is 20.8 Å². The van der Waals surface area contributed by atoms with Gasteiger partial charge < -0.3 is 9.47 Å². The van der Waals surface area contributed by atoms with E-state index in [1.54, 1.807) is 13.8 Å². The molecule has 0 fully saturated rings. The van der Waals surface area contributed by atoms with Crippen LogP contribution in [0.5, 0.6) is 5.75 Å². The Hall–Kier alpha value is -2.44. The van der Waals surface area contributed by atoms with Gasteiger partial charge in [-0.15, -0.1) is 0 Å². The third-order valence-electron chi connectivity index (χ3n) is 4.82. The van der Waals surface area contributed by atoms with Crippen LogP contribution in [0.25, 0.3) is 0 Å². The average Bonchev–Trinajstić information content (AvgIpc) is 2.63. The molecule has 7 nitrogen and oxygen atoms in total. The molecule has 7 heteroatoms. The van der Waals surface area contributed by atoms with Crippen LogP contribution >= 0.6 is 0 Å². The number of nitro groups is 1. The van der Waals surface area contributed by atoms with E-state index < -0.39 is 22.3 Å². The van der Waals surface area contributed by atoms with E-state index in [-0.39, 0.29) is 36.3 Å². The largest absolute Gasteiger partial charge is 0.461 e. The summed E-state index contributed by atoms with van der Waals surface area (Å²) in [6.07, 6.45) is 1.82. The van der Waals surface area contributed by atoms with Gasteiger partial charge >= 0.3 is 11.9 Å². The van der Waals surface area contributed by atoms with Crippen LogP contribution in [0.2, 0.25) is 0 Å². The molecule has 1 aromatic rings. The Kier molecular flexibility index (Phi) is 8.40. The van der Waals surface area contributed by atoms with Crippen LogP contribution < -0.4 is 4.74 Å². The van der Waals surface area contributed by atoms with Gasteiger partial charge in [-0.3, -0.25) is 19.7 Å². The van der Waals surface area contributed by atoms with Crippen LogP contribution in [0, 0.1) is 21.4 Å². The molecule has 1 rings (SSSR count). The number of carbonyl (C=O) groups excluding carboxylic acids is 2. The van der Waals surface area contributed by atoms with Gasteiger partial charge in [0.15, 0.2) is 5.41 Å². The lowest BCUT2D eigenvalue weighted by molar-refractivity contribution is -0.384. The SMILES string of the molecule is CCCC(OC(=O)C(CC)(CC)C(=O)Oc1ccc([N+](=O)[O-])cc1)C(C)C. The van der Waals surface area contributed by atoms with Crippen molar-refractivity contribution >= 4 is 17.6 Å². The van der Waals surface area contributed by atoms with E-state index >= 15 is 0 Å². The normalized spacial score (nSPS) is 12.5. The number of hydrogen-bond donors (Lipinski definition) is 0. The topological polar surface area (TPSA) is 95.7 Å². The van der Waals surface area contributed by atoms with Gasteiger partial charge in [0.2, 0.25) is 0 Å². The van der Waals surface area contributed by atoms with Crippen molar-refractivity contribution in [2.75, 3.05) is 0 Å². The van der Waals surface area contributed by atoms with Crippen LogP contribution in [0.15, 0.2) is 24.3 Å². The second-order valence-electron chi connectivity index (χ2n) is 6.91. The number of nitrogens with zero attached hydrogens (tertiary/aromatic N) is 1. The molecule has 0 aliphatic carbocycles. The molecule has 0 saturated carbocycles. The summed E-state index contributed by atoms with van der Waals surface area (Å²) in [7, 11) is 0. The van der Waals surface area contributed by atoms with Crippen molar-refractivity contribution in [2.45, 2.75) is 66.4 Å². The average molecular weight is 379 g/mol. The highest BCUT2D eigenvalue weighted by molar-refractivity contribution is 6.00. The fraction of sp³-hybridized carbons (Fsp3) is 0.600. The van der Waals surface area contributed by atoms with Crippen LogP contribution in [-0.2, 0) is 14.3 Å². The molecular weight excluding hydrogens is 350 g/mol. The second kappa shape index (κ2) is 10.0. The molecule has 0 saturated heterocycles. The molecule has 0 spiro atoms. The van der Waals surface area contributed by atoms with Gasteiger partial charge in [-0.2, -0.15) is 0 Å². The quantitative estimate of drug-likeness (QED) is 0.193. The van der Waals surface area contributed by atoms with E-state index in [4.69, 9.17) is 9.47 Å². The zero-order valence-corrected chi connectivity index (χ0v) is 16.7. The number of benzene rings is 1. The minimum Gasteiger partial charge on any atom is -0.461 e.